The first-order valence-corrected chi connectivity index (χ1v) is 5.31. The number of aryl methyl sites for hydroxylation is 3. The molecule has 0 radical (unpaired) electrons. The highest BCUT2D eigenvalue weighted by atomic mass is 14.9. The van der Waals surface area contributed by atoms with Gasteiger partial charge in [-0.15, -0.1) is 0 Å². The van der Waals surface area contributed by atoms with Crippen molar-refractivity contribution < 1.29 is 0 Å². The Kier molecular flexibility index (Phi) is 2.31. The van der Waals surface area contributed by atoms with Crippen molar-refractivity contribution in [2.75, 3.05) is 0 Å². The third-order valence-corrected chi connectivity index (χ3v) is 3.27. The van der Waals surface area contributed by atoms with Crippen LogP contribution in [0.15, 0.2) is 12.1 Å². The fraction of sp³-hybridized carbons (Fsp3) is 0.385. The lowest BCUT2D eigenvalue weighted by molar-refractivity contribution is 0.894. The third-order valence-electron chi connectivity index (χ3n) is 3.27. The first-order chi connectivity index (χ1) is 7.06. The number of hydrogen-bond acceptors (Lipinski definition) is 1. The van der Waals surface area contributed by atoms with Gasteiger partial charge < -0.3 is 10.3 Å². The quantitative estimate of drug-likeness (QED) is 0.757. The number of rotatable bonds is 1. The summed E-state index contributed by atoms with van der Waals surface area (Å²) in [6.07, 6.45) is 0. The molecule has 80 valence electrons. The van der Waals surface area contributed by atoms with Crippen LogP contribution < -0.4 is 5.73 Å². The van der Waals surface area contributed by atoms with Crippen molar-refractivity contribution in [2.24, 2.45) is 12.8 Å². The molecule has 2 nitrogen and oxygen atoms in total. The van der Waals surface area contributed by atoms with Gasteiger partial charge in [0.25, 0.3) is 0 Å². The van der Waals surface area contributed by atoms with Crippen LogP contribution in [0.3, 0.4) is 0 Å². The summed E-state index contributed by atoms with van der Waals surface area (Å²) in [5.41, 5.74) is 12.3. The Morgan fingerprint density at radius 2 is 1.87 bits per heavy atom. The van der Waals surface area contributed by atoms with E-state index >= 15 is 0 Å². The average Bonchev–Trinajstić information content (AvgIpc) is 2.42. The van der Waals surface area contributed by atoms with Gasteiger partial charge in [-0.1, -0.05) is 6.07 Å². The van der Waals surface area contributed by atoms with Crippen molar-refractivity contribution in [3.63, 3.8) is 0 Å². The Morgan fingerprint density at radius 1 is 1.20 bits per heavy atom. The molecule has 0 unspecified atom stereocenters. The number of benzene rings is 1. The van der Waals surface area contributed by atoms with Gasteiger partial charge >= 0.3 is 0 Å². The molecule has 15 heavy (non-hydrogen) atoms. The lowest BCUT2D eigenvalue weighted by atomic mass is 10.0. The van der Waals surface area contributed by atoms with Gasteiger partial charge in [-0.3, -0.25) is 0 Å². The average molecular weight is 202 g/mol. The van der Waals surface area contributed by atoms with Crippen molar-refractivity contribution in [3.8, 4) is 0 Å². The molecule has 2 rings (SSSR count). The molecule has 1 aromatic heterocycles. The highest BCUT2D eigenvalue weighted by Crippen LogP contribution is 2.28. The summed E-state index contributed by atoms with van der Waals surface area (Å²) in [6.45, 7) is 7.05. The minimum atomic E-state index is 0.618. The first-order valence-electron chi connectivity index (χ1n) is 5.31. The molecule has 1 heterocycles. The molecular weight excluding hydrogens is 184 g/mol. The zero-order valence-electron chi connectivity index (χ0n) is 9.89. The maximum atomic E-state index is 5.82. The van der Waals surface area contributed by atoms with Crippen molar-refractivity contribution in [2.45, 2.75) is 27.3 Å². The maximum Gasteiger partial charge on any atom is 0.0488 e. The molecule has 0 atom stereocenters. The number of fused-ring (bicyclic) bond motifs is 1. The Hall–Kier alpha value is -1.28. The number of nitrogens with two attached hydrogens (primary N) is 1. The van der Waals surface area contributed by atoms with Gasteiger partial charge in [0.15, 0.2) is 0 Å². The molecule has 2 aromatic rings. The van der Waals surface area contributed by atoms with E-state index < -0.39 is 0 Å². The van der Waals surface area contributed by atoms with Crippen LogP contribution in [0.2, 0.25) is 0 Å². The van der Waals surface area contributed by atoms with E-state index in [1.807, 2.05) is 0 Å². The number of hydrogen-bond donors (Lipinski definition) is 1. The summed E-state index contributed by atoms with van der Waals surface area (Å²) < 4.78 is 2.23. The van der Waals surface area contributed by atoms with E-state index in [1.54, 1.807) is 0 Å². The van der Waals surface area contributed by atoms with Gasteiger partial charge in [0.2, 0.25) is 0 Å². The predicted molar refractivity (Wildman–Crippen MR) is 65.0 cm³/mol. The summed E-state index contributed by atoms with van der Waals surface area (Å²) in [5.74, 6) is 0. The van der Waals surface area contributed by atoms with E-state index in [-0.39, 0.29) is 0 Å². The van der Waals surface area contributed by atoms with Crippen LogP contribution in [0.25, 0.3) is 10.9 Å². The van der Waals surface area contributed by atoms with Crippen LogP contribution >= 0.6 is 0 Å². The van der Waals surface area contributed by atoms with Gasteiger partial charge in [-0.05, 0) is 43.5 Å². The molecule has 0 bridgehead atoms. The van der Waals surface area contributed by atoms with Crippen LogP contribution in [0, 0.1) is 20.8 Å². The monoisotopic (exact) mass is 202 g/mol. The van der Waals surface area contributed by atoms with Crippen molar-refractivity contribution in [1.29, 1.82) is 0 Å². The van der Waals surface area contributed by atoms with Crippen molar-refractivity contribution in [1.82, 2.24) is 4.57 Å². The Bertz CT molecular complexity index is 521. The van der Waals surface area contributed by atoms with Crippen LogP contribution in [0.1, 0.15) is 22.4 Å². The van der Waals surface area contributed by atoms with Crippen LogP contribution in [-0.4, -0.2) is 4.57 Å². The minimum absolute atomic E-state index is 0.618. The van der Waals surface area contributed by atoms with E-state index in [0.717, 1.165) is 0 Å². The highest BCUT2D eigenvalue weighted by molar-refractivity contribution is 5.89. The smallest absolute Gasteiger partial charge is 0.0488 e. The minimum Gasteiger partial charge on any atom is -0.348 e. The summed E-state index contributed by atoms with van der Waals surface area (Å²) in [5, 5.41) is 1.34. The highest BCUT2D eigenvalue weighted by Gasteiger charge is 2.12. The van der Waals surface area contributed by atoms with Gasteiger partial charge in [-0.25, -0.2) is 0 Å². The third kappa shape index (κ3) is 1.37. The topological polar surface area (TPSA) is 30.9 Å². The second-order valence-corrected chi connectivity index (χ2v) is 4.30. The van der Waals surface area contributed by atoms with Gasteiger partial charge in [-0.2, -0.15) is 0 Å². The first kappa shape index (κ1) is 10.2. The molecule has 2 heteroatoms. The molecule has 0 saturated heterocycles. The second-order valence-electron chi connectivity index (χ2n) is 4.30. The van der Waals surface area contributed by atoms with Crippen LogP contribution in [0.4, 0.5) is 0 Å². The SMILES string of the molecule is Cc1cc(C)c2c(CN)c(C)n(C)c2c1. The van der Waals surface area contributed by atoms with Crippen LogP contribution in [-0.2, 0) is 13.6 Å². The molecular formula is C13H18N2. The molecule has 0 aliphatic heterocycles. The molecule has 0 aliphatic carbocycles. The molecule has 0 fully saturated rings. The van der Waals surface area contributed by atoms with E-state index in [2.05, 4.69) is 44.5 Å². The van der Waals surface area contributed by atoms with Gasteiger partial charge in [0, 0.05) is 30.2 Å². The van der Waals surface area contributed by atoms with Crippen molar-refractivity contribution >= 4 is 10.9 Å². The van der Waals surface area contributed by atoms with E-state index in [9.17, 15) is 0 Å². The van der Waals surface area contributed by atoms with Gasteiger partial charge in [0.05, 0.1) is 0 Å². The molecule has 0 aliphatic rings. The summed E-state index contributed by atoms with van der Waals surface area (Å²) in [7, 11) is 2.11. The Balaban J connectivity index is 2.97. The van der Waals surface area contributed by atoms with Crippen LogP contribution in [0.5, 0.6) is 0 Å². The fourth-order valence-electron chi connectivity index (χ4n) is 2.42. The summed E-state index contributed by atoms with van der Waals surface area (Å²) >= 11 is 0. The normalized spacial score (nSPS) is 11.3. The van der Waals surface area contributed by atoms with Gasteiger partial charge in [0.1, 0.15) is 0 Å². The maximum absolute atomic E-state index is 5.82. The standard InChI is InChI=1S/C13H18N2/c1-8-5-9(2)13-11(7-14)10(3)15(4)12(13)6-8/h5-6H,7,14H2,1-4H3. The lowest BCUT2D eigenvalue weighted by Gasteiger charge is -2.02. The molecule has 2 N–H and O–H groups in total. The van der Waals surface area contributed by atoms with E-state index in [4.69, 9.17) is 5.73 Å². The zero-order chi connectivity index (χ0) is 11.2. The van der Waals surface area contributed by atoms with Crippen molar-refractivity contribution in [3.05, 3.63) is 34.5 Å². The summed E-state index contributed by atoms with van der Waals surface area (Å²) in [4.78, 5) is 0. The number of nitrogens with zero attached hydrogens (tertiary/aromatic N) is 1. The molecule has 0 amide bonds. The Labute approximate surface area is 90.7 Å². The molecule has 0 saturated carbocycles. The lowest BCUT2D eigenvalue weighted by Crippen LogP contribution is -1.99. The predicted octanol–water partition coefficient (Wildman–Crippen LogP) is 2.56. The van der Waals surface area contributed by atoms with E-state index in [0.29, 0.717) is 6.54 Å². The fourth-order valence-corrected chi connectivity index (χ4v) is 2.42. The summed E-state index contributed by atoms with van der Waals surface area (Å²) in [6, 6.07) is 4.45. The second kappa shape index (κ2) is 3.38. The zero-order valence-corrected chi connectivity index (χ0v) is 9.89. The number of aromatic nitrogens is 1. The largest absolute Gasteiger partial charge is 0.348 e. The molecule has 0 spiro atoms. The Morgan fingerprint density at radius 3 is 2.47 bits per heavy atom. The molecule has 1 aromatic carbocycles. The van der Waals surface area contributed by atoms with E-state index in [1.165, 1.54) is 33.3 Å².